The highest BCUT2D eigenvalue weighted by Crippen LogP contribution is 2.04. The highest BCUT2D eigenvalue weighted by Gasteiger charge is 2.20. The Kier molecular flexibility index (Phi) is 9.48. The normalized spacial score (nSPS) is 11.7. The molecule has 0 bridgehead atoms. The maximum Gasteiger partial charge on any atom is 0.326 e. The average molecular weight is 273 g/mol. The van der Waals surface area contributed by atoms with Gasteiger partial charge in [0.2, 0.25) is 5.91 Å². The molecule has 0 spiro atoms. The van der Waals surface area contributed by atoms with E-state index in [1.165, 1.54) is 7.11 Å². The van der Waals surface area contributed by atoms with Crippen molar-refractivity contribution >= 4 is 17.8 Å². The molecular formula is C13H23NO5. The van der Waals surface area contributed by atoms with Crippen molar-refractivity contribution in [3.63, 3.8) is 0 Å². The first kappa shape index (κ1) is 17.4. The summed E-state index contributed by atoms with van der Waals surface area (Å²) < 4.78 is 4.43. The molecular weight excluding hydrogens is 250 g/mol. The van der Waals surface area contributed by atoms with E-state index in [-0.39, 0.29) is 18.7 Å². The number of carbonyl (C=O) groups excluding carboxylic acids is 2. The summed E-state index contributed by atoms with van der Waals surface area (Å²) in [5.41, 5.74) is 0. The predicted molar refractivity (Wildman–Crippen MR) is 69.6 cm³/mol. The summed E-state index contributed by atoms with van der Waals surface area (Å²) in [6.45, 7) is 2.08. The molecule has 2 N–H and O–H groups in total. The van der Waals surface area contributed by atoms with Crippen molar-refractivity contribution in [2.45, 2.75) is 57.9 Å². The van der Waals surface area contributed by atoms with Gasteiger partial charge in [0.1, 0.15) is 6.04 Å². The molecule has 0 radical (unpaired) electrons. The number of carboxylic acid groups (broad SMARTS) is 1. The molecule has 1 atom stereocenters. The maximum absolute atomic E-state index is 11.5. The summed E-state index contributed by atoms with van der Waals surface area (Å²) in [6.07, 6.45) is 4.21. The molecule has 0 aliphatic carbocycles. The molecule has 0 saturated carbocycles. The van der Waals surface area contributed by atoms with Gasteiger partial charge in [0, 0.05) is 12.8 Å². The molecule has 0 fully saturated rings. The standard InChI is InChI=1S/C13H23NO5/c1-3-4-5-6-7-11(15)14-10(13(17)18)8-9-12(16)19-2/h10H,3-9H2,1-2H3,(H,14,15)(H,17,18)/t10-/m1/s1. The Labute approximate surface area is 113 Å². The SMILES string of the molecule is CCCCCCC(=O)N[C@H](CCC(=O)OC)C(=O)O. The third-order valence-electron chi connectivity index (χ3n) is 2.76. The number of aliphatic carboxylic acids is 1. The van der Waals surface area contributed by atoms with Gasteiger partial charge in [-0.05, 0) is 12.8 Å². The number of rotatable bonds is 10. The number of amides is 1. The number of ether oxygens (including phenoxy) is 1. The van der Waals surface area contributed by atoms with E-state index in [1.54, 1.807) is 0 Å². The number of esters is 1. The quantitative estimate of drug-likeness (QED) is 0.464. The third kappa shape index (κ3) is 9.04. The predicted octanol–water partition coefficient (Wildman–Crippen LogP) is 1.48. The van der Waals surface area contributed by atoms with Crippen LogP contribution in [0.3, 0.4) is 0 Å². The van der Waals surface area contributed by atoms with Crippen LogP contribution < -0.4 is 5.32 Å². The van der Waals surface area contributed by atoms with Crippen molar-refractivity contribution < 1.29 is 24.2 Å². The van der Waals surface area contributed by atoms with Crippen LogP contribution >= 0.6 is 0 Å². The zero-order chi connectivity index (χ0) is 14.7. The molecule has 0 aliphatic heterocycles. The van der Waals surface area contributed by atoms with Crippen LogP contribution in [0.25, 0.3) is 0 Å². The summed E-state index contributed by atoms with van der Waals surface area (Å²) in [7, 11) is 1.24. The fourth-order valence-electron chi connectivity index (χ4n) is 1.60. The summed E-state index contributed by atoms with van der Waals surface area (Å²) >= 11 is 0. The Morgan fingerprint density at radius 3 is 2.37 bits per heavy atom. The van der Waals surface area contributed by atoms with Gasteiger partial charge in [-0.3, -0.25) is 9.59 Å². The molecule has 6 heteroatoms. The monoisotopic (exact) mass is 273 g/mol. The number of hydrogen-bond acceptors (Lipinski definition) is 4. The molecule has 0 saturated heterocycles. The summed E-state index contributed by atoms with van der Waals surface area (Å²) in [4.78, 5) is 33.4. The van der Waals surface area contributed by atoms with Crippen LogP contribution in [0.2, 0.25) is 0 Å². The second-order valence-corrected chi connectivity index (χ2v) is 4.38. The van der Waals surface area contributed by atoms with Gasteiger partial charge >= 0.3 is 11.9 Å². The van der Waals surface area contributed by atoms with Crippen molar-refractivity contribution in [1.82, 2.24) is 5.32 Å². The van der Waals surface area contributed by atoms with Crippen LogP contribution in [0, 0.1) is 0 Å². The highest BCUT2D eigenvalue weighted by molar-refractivity contribution is 5.83. The lowest BCUT2D eigenvalue weighted by Crippen LogP contribution is -2.41. The van der Waals surface area contributed by atoms with Gasteiger partial charge in [-0.1, -0.05) is 26.2 Å². The topological polar surface area (TPSA) is 92.7 Å². The average Bonchev–Trinajstić information content (AvgIpc) is 2.38. The van der Waals surface area contributed by atoms with Gasteiger partial charge < -0.3 is 15.2 Å². The minimum absolute atomic E-state index is 0.0242. The lowest BCUT2D eigenvalue weighted by atomic mass is 10.1. The van der Waals surface area contributed by atoms with E-state index in [4.69, 9.17) is 5.11 Å². The van der Waals surface area contributed by atoms with Gasteiger partial charge in [0.05, 0.1) is 7.11 Å². The zero-order valence-corrected chi connectivity index (χ0v) is 11.6. The number of unbranched alkanes of at least 4 members (excludes halogenated alkanes) is 3. The van der Waals surface area contributed by atoms with E-state index in [9.17, 15) is 14.4 Å². The van der Waals surface area contributed by atoms with Gasteiger partial charge in [0.25, 0.3) is 0 Å². The third-order valence-corrected chi connectivity index (χ3v) is 2.76. The fraction of sp³-hybridized carbons (Fsp3) is 0.769. The van der Waals surface area contributed by atoms with Gasteiger partial charge in [-0.2, -0.15) is 0 Å². The molecule has 0 aromatic carbocycles. The van der Waals surface area contributed by atoms with Crippen LogP contribution in [-0.2, 0) is 19.1 Å². The van der Waals surface area contributed by atoms with Gasteiger partial charge in [-0.25, -0.2) is 4.79 Å². The molecule has 0 rings (SSSR count). The van der Waals surface area contributed by atoms with Crippen molar-refractivity contribution in [2.75, 3.05) is 7.11 Å². The Morgan fingerprint density at radius 2 is 1.84 bits per heavy atom. The minimum Gasteiger partial charge on any atom is -0.480 e. The molecule has 0 aromatic rings. The van der Waals surface area contributed by atoms with E-state index >= 15 is 0 Å². The number of hydrogen-bond donors (Lipinski definition) is 2. The van der Waals surface area contributed by atoms with Crippen molar-refractivity contribution in [3.05, 3.63) is 0 Å². The van der Waals surface area contributed by atoms with E-state index in [0.717, 1.165) is 25.7 Å². The maximum atomic E-state index is 11.5. The Morgan fingerprint density at radius 1 is 1.16 bits per heavy atom. The van der Waals surface area contributed by atoms with Crippen LogP contribution in [0.1, 0.15) is 51.9 Å². The first-order valence-corrected chi connectivity index (χ1v) is 6.60. The zero-order valence-electron chi connectivity index (χ0n) is 11.6. The Bertz CT molecular complexity index is 303. The fourth-order valence-corrected chi connectivity index (χ4v) is 1.60. The number of carbonyl (C=O) groups is 3. The molecule has 1 amide bonds. The van der Waals surface area contributed by atoms with Crippen molar-refractivity contribution in [3.8, 4) is 0 Å². The van der Waals surface area contributed by atoms with Gasteiger partial charge in [0.15, 0.2) is 0 Å². The first-order chi connectivity index (χ1) is 9.01. The van der Waals surface area contributed by atoms with Gasteiger partial charge in [-0.15, -0.1) is 0 Å². The largest absolute Gasteiger partial charge is 0.480 e. The van der Waals surface area contributed by atoms with E-state index in [0.29, 0.717) is 6.42 Å². The van der Waals surface area contributed by atoms with E-state index in [1.807, 2.05) is 0 Å². The first-order valence-electron chi connectivity index (χ1n) is 6.60. The Hall–Kier alpha value is -1.59. The number of carboxylic acids is 1. The van der Waals surface area contributed by atoms with E-state index in [2.05, 4.69) is 17.0 Å². The molecule has 0 heterocycles. The summed E-state index contributed by atoms with van der Waals surface area (Å²) in [6, 6.07) is -1.03. The molecule has 0 aliphatic rings. The van der Waals surface area contributed by atoms with E-state index < -0.39 is 18.0 Å². The molecule has 0 unspecified atom stereocenters. The molecule has 6 nitrogen and oxygen atoms in total. The molecule has 19 heavy (non-hydrogen) atoms. The number of nitrogens with one attached hydrogen (secondary N) is 1. The second kappa shape index (κ2) is 10.3. The lowest BCUT2D eigenvalue weighted by molar-refractivity contribution is -0.144. The van der Waals surface area contributed by atoms with Crippen LogP contribution in [0.15, 0.2) is 0 Å². The minimum atomic E-state index is -1.13. The second-order valence-electron chi connectivity index (χ2n) is 4.38. The smallest absolute Gasteiger partial charge is 0.326 e. The van der Waals surface area contributed by atoms with Crippen molar-refractivity contribution in [2.24, 2.45) is 0 Å². The van der Waals surface area contributed by atoms with Crippen LogP contribution in [0.5, 0.6) is 0 Å². The lowest BCUT2D eigenvalue weighted by Gasteiger charge is -2.13. The van der Waals surface area contributed by atoms with Crippen molar-refractivity contribution in [1.29, 1.82) is 0 Å². The summed E-state index contributed by atoms with van der Waals surface area (Å²) in [5.74, 6) is -1.90. The highest BCUT2D eigenvalue weighted by atomic mass is 16.5. The van der Waals surface area contributed by atoms with Crippen LogP contribution in [-0.4, -0.2) is 36.1 Å². The Balaban J connectivity index is 4.01. The molecule has 110 valence electrons. The molecule has 0 aromatic heterocycles. The van der Waals surface area contributed by atoms with Crippen LogP contribution in [0.4, 0.5) is 0 Å². The summed E-state index contributed by atoms with van der Waals surface area (Å²) in [5, 5.41) is 11.4. The number of methoxy groups -OCH3 is 1.